The average molecular weight is 368 g/mol. The number of rotatable bonds is 4. The van der Waals surface area contributed by atoms with E-state index in [1.165, 1.54) is 18.2 Å². The number of H-pyrrole nitrogens is 1. The van der Waals surface area contributed by atoms with Gasteiger partial charge in [-0.1, -0.05) is 24.3 Å². The summed E-state index contributed by atoms with van der Waals surface area (Å²) >= 11 is 0. The van der Waals surface area contributed by atoms with Crippen molar-refractivity contribution in [1.29, 1.82) is 0 Å². The van der Waals surface area contributed by atoms with Gasteiger partial charge in [-0.25, -0.2) is 4.98 Å². The van der Waals surface area contributed by atoms with Crippen LogP contribution < -0.4 is 0 Å². The summed E-state index contributed by atoms with van der Waals surface area (Å²) in [5.74, 6) is 0. The summed E-state index contributed by atoms with van der Waals surface area (Å²) in [5.41, 5.74) is 1.99. The second-order valence-corrected chi connectivity index (χ2v) is 7.89. The Morgan fingerprint density at radius 1 is 0.958 bits per heavy atom. The molecular weight excluding hydrogens is 356 g/mol. The topological polar surface area (TPSA) is 137 Å². The Morgan fingerprint density at radius 3 is 2.33 bits per heavy atom. The molecule has 0 fully saturated rings. The first-order valence-electron chi connectivity index (χ1n) is 6.66. The van der Waals surface area contributed by atoms with Crippen molar-refractivity contribution in [2.75, 3.05) is 0 Å². The Morgan fingerprint density at radius 2 is 1.67 bits per heavy atom. The van der Waals surface area contributed by atoms with Crippen LogP contribution in [0.25, 0.3) is 11.0 Å². The first kappa shape index (κ1) is 16.6. The van der Waals surface area contributed by atoms with Crippen LogP contribution in [0.1, 0.15) is 11.1 Å². The van der Waals surface area contributed by atoms with Crippen molar-refractivity contribution < 1.29 is 25.9 Å². The number of fused-ring (bicyclic) bond motifs is 1. The van der Waals surface area contributed by atoms with Gasteiger partial charge < -0.3 is 4.98 Å². The van der Waals surface area contributed by atoms with E-state index in [4.69, 9.17) is 9.11 Å². The number of benzene rings is 2. The van der Waals surface area contributed by atoms with Gasteiger partial charge in [0.1, 0.15) is 0 Å². The third kappa shape index (κ3) is 3.31. The minimum absolute atomic E-state index is 0.229. The molecule has 126 valence electrons. The van der Waals surface area contributed by atoms with E-state index >= 15 is 0 Å². The van der Waals surface area contributed by atoms with Gasteiger partial charge in [0, 0.05) is 0 Å². The minimum Gasteiger partial charge on any atom is -0.327 e. The van der Waals surface area contributed by atoms with Gasteiger partial charge in [0.05, 0.1) is 15.9 Å². The number of hydrogen-bond donors (Lipinski definition) is 3. The molecule has 3 N–H and O–H groups in total. The van der Waals surface area contributed by atoms with E-state index in [-0.39, 0.29) is 11.3 Å². The number of imidazole rings is 1. The largest absolute Gasteiger partial charge is 0.328 e. The van der Waals surface area contributed by atoms with Crippen molar-refractivity contribution in [3.05, 3.63) is 53.6 Å². The van der Waals surface area contributed by atoms with E-state index in [1.54, 1.807) is 24.3 Å². The van der Waals surface area contributed by atoms with Crippen molar-refractivity contribution >= 4 is 31.3 Å². The predicted molar refractivity (Wildman–Crippen MR) is 85.0 cm³/mol. The van der Waals surface area contributed by atoms with Gasteiger partial charge >= 0.3 is 10.1 Å². The van der Waals surface area contributed by atoms with Crippen LogP contribution in [0.2, 0.25) is 0 Å². The van der Waals surface area contributed by atoms with Crippen molar-refractivity contribution in [3.63, 3.8) is 0 Å². The van der Waals surface area contributed by atoms with Gasteiger partial charge in [-0.2, -0.15) is 16.8 Å². The summed E-state index contributed by atoms with van der Waals surface area (Å²) in [7, 11) is -8.77. The molecular formula is C14H12N2O6S2. The zero-order valence-electron chi connectivity index (χ0n) is 12.0. The molecule has 0 spiro atoms. The summed E-state index contributed by atoms with van der Waals surface area (Å²) < 4.78 is 63.0. The van der Waals surface area contributed by atoms with Gasteiger partial charge in [-0.05, 0) is 35.7 Å². The molecule has 0 aliphatic heterocycles. The molecule has 0 unspecified atom stereocenters. The van der Waals surface area contributed by atoms with E-state index in [9.17, 15) is 16.8 Å². The molecule has 3 aromatic rings. The predicted octanol–water partition coefficient (Wildman–Crippen LogP) is 1.65. The van der Waals surface area contributed by atoms with Crippen molar-refractivity contribution in [2.24, 2.45) is 0 Å². The van der Waals surface area contributed by atoms with Crippen LogP contribution in [0.15, 0.2) is 52.5 Å². The first-order chi connectivity index (χ1) is 11.1. The van der Waals surface area contributed by atoms with Crippen molar-refractivity contribution in [3.8, 4) is 0 Å². The van der Waals surface area contributed by atoms with E-state index in [0.29, 0.717) is 22.2 Å². The van der Waals surface area contributed by atoms with Crippen LogP contribution in [0, 0.1) is 0 Å². The van der Waals surface area contributed by atoms with Crippen LogP contribution in [0.3, 0.4) is 0 Å². The molecule has 24 heavy (non-hydrogen) atoms. The summed E-state index contributed by atoms with van der Waals surface area (Å²) in [5, 5.41) is -0.559. The van der Waals surface area contributed by atoms with E-state index in [0.717, 1.165) is 0 Å². The number of nitrogens with one attached hydrogen (secondary N) is 1. The Hall–Kier alpha value is -2.27. The zero-order chi connectivity index (χ0) is 17.5. The monoisotopic (exact) mass is 368 g/mol. The number of aromatic amines is 1. The average Bonchev–Trinajstić information content (AvgIpc) is 2.92. The van der Waals surface area contributed by atoms with Gasteiger partial charge in [0.2, 0.25) is 0 Å². The maximum Gasteiger partial charge on any atom is 0.328 e. The lowest BCUT2D eigenvalue weighted by Crippen LogP contribution is -2.00. The van der Waals surface area contributed by atoms with Gasteiger partial charge in [0.25, 0.3) is 15.3 Å². The third-order valence-corrected chi connectivity index (χ3v) is 4.94. The molecule has 8 nitrogen and oxygen atoms in total. The number of aromatic nitrogens is 2. The fourth-order valence-corrected chi connectivity index (χ4v) is 3.37. The summed E-state index contributed by atoms with van der Waals surface area (Å²) in [6.45, 7) is 0. The normalized spacial score (nSPS) is 12.6. The minimum atomic E-state index is -4.46. The first-order valence-corrected chi connectivity index (χ1v) is 9.54. The Labute approximate surface area is 137 Å². The second-order valence-electron chi connectivity index (χ2n) is 5.13. The molecule has 0 bridgehead atoms. The highest BCUT2D eigenvalue weighted by Gasteiger charge is 2.17. The zero-order valence-corrected chi connectivity index (χ0v) is 13.7. The van der Waals surface area contributed by atoms with E-state index in [1.807, 2.05) is 0 Å². The lowest BCUT2D eigenvalue weighted by Gasteiger charge is -2.04. The van der Waals surface area contributed by atoms with Crippen LogP contribution in [0.5, 0.6) is 0 Å². The van der Waals surface area contributed by atoms with Crippen LogP contribution in [-0.2, 0) is 26.7 Å². The smallest absolute Gasteiger partial charge is 0.327 e. The molecule has 1 aromatic heterocycles. The maximum absolute atomic E-state index is 11.2. The van der Waals surface area contributed by atoms with Gasteiger partial charge in [0.15, 0.2) is 0 Å². The lowest BCUT2D eigenvalue weighted by molar-refractivity contribution is 0.475. The quantitative estimate of drug-likeness (QED) is 0.595. The summed E-state index contributed by atoms with van der Waals surface area (Å²) in [6, 6.07) is 10.7. The highest BCUT2D eigenvalue weighted by atomic mass is 32.2. The molecule has 0 atom stereocenters. The number of para-hydroxylation sites is 1. The van der Waals surface area contributed by atoms with Crippen LogP contribution in [-0.4, -0.2) is 35.9 Å². The van der Waals surface area contributed by atoms with Crippen molar-refractivity contribution in [1.82, 2.24) is 9.97 Å². The molecule has 0 radical (unpaired) electrons. The third-order valence-electron chi connectivity index (χ3n) is 3.41. The van der Waals surface area contributed by atoms with Crippen LogP contribution >= 0.6 is 0 Å². The molecule has 1 heterocycles. The highest BCUT2D eigenvalue weighted by Crippen LogP contribution is 2.22. The Balaban J connectivity index is 2.06. The molecule has 3 rings (SSSR count). The molecule has 10 heteroatoms. The highest BCUT2D eigenvalue weighted by molar-refractivity contribution is 7.86. The summed E-state index contributed by atoms with van der Waals surface area (Å²) in [6.07, 6.45) is 0.260. The lowest BCUT2D eigenvalue weighted by atomic mass is 10.0. The number of nitrogens with zero attached hydrogens (tertiary/aromatic N) is 1. The molecule has 0 aliphatic rings. The fraction of sp³-hybridized carbons (Fsp3) is 0.0714. The van der Waals surface area contributed by atoms with E-state index in [2.05, 4.69) is 9.97 Å². The molecule has 0 amide bonds. The molecule has 0 aliphatic carbocycles. The molecule has 0 saturated heterocycles. The molecule has 0 saturated carbocycles. The molecule has 2 aromatic carbocycles. The fourth-order valence-electron chi connectivity index (χ4n) is 2.37. The van der Waals surface area contributed by atoms with Crippen LogP contribution in [0.4, 0.5) is 0 Å². The Bertz CT molecular complexity index is 1130. The van der Waals surface area contributed by atoms with Crippen molar-refractivity contribution in [2.45, 2.75) is 16.5 Å². The Kier molecular flexibility index (Phi) is 3.92. The van der Waals surface area contributed by atoms with E-state index < -0.39 is 25.4 Å². The standard InChI is InChI=1S/C14H12N2O6S2/c17-23(18,19)11-5-1-3-9(8-11)7-10-4-2-6-12-13(10)16-14(15-12)24(20,21)22/h1-6,8H,7H2,(H,15,16)(H,17,18,19)(H,20,21,22). The maximum atomic E-state index is 11.2. The number of hydrogen-bond acceptors (Lipinski definition) is 5. The van der Waals surface area contributed by atoms with Gasteiger partial charge in [-0.3, -0.25) is 9.11 Å². The second kappa shape index (κ2) is 5.67. The SMILES string of the molecule is O=S(=O)(O)c1cccc(Cc2cccc3[nH]c(S(=O)(=O)O)nc23)c1. The summed E-state index contributed by atoms with van der Waals surface area (Å²) in [4.78, 5) is 6.17. The van der Waals surface area contributed by atoms with Gasteiger partial charge in [-0.15, -0.1) is 0 Å².